The van der Waals surface area contributed by atoms with Crippen molar-refractivity contribution in [2.24, 2.45) is 21.5 Å². The van der Waals surface area contributed by atoms with Crippen LogP contribution in [0.3, 0.4) is 0 Å². The molecule has 2 fully saturated rings. The lowest BCUT2D eigenvalue weighted by atomic mass is 9.87. The number of anilines is 2. The van der Waals surface area contributed by atoms with Crippen LogP contribution in [0.5, 0.6) is 11.5 Å². The first-order chi connectivity index (χ1) is 14.1. The van der Waals surface area contributed by atoms with Crippen LogP contribution in [0.15, 0.2) is 22.1 Å². The fourth-order valence-corrected chi connectivity index (χ4v) is 4.85. The molecule has 9 heteroatoms. The molecule has 5 rings (SSSR count). The highest BCUT2D eigenvalue weighted by Crippen LogP contribution is 2.48. The van der Waals surface area contributed by atoms with Crippen molar-refractivity contribution in [1.82, 2.24) is 0 Å². The van der Waals surface area contributed by atoms with Crippen LogP contribution < -0.4 is 30.7 Å². The molecule has 0 unspecified atom stereocenters. The number of benzene rings is 1. The van der Waals surface area contributed by atoms with E-state index in [1.54, 1.807) is 0 Å². The van der Waals surface area contributed by atoms with Crippen molar-refractivity contribution in [2.45, 2.75) is 57.0 Å². The summed E-state index contributed by atoms with van der Waals surface area (Å²) in [4.78, 5) is 25.6. The number of aliphatic imine (C=N–C) groups is 2. The van der Waals surface area contributed by atoms with Crippen molar-refractivity contribution in [2.75, 3.05) is 23.1 Å². The first-order valence-corrected chi connectivity index (χ1v) is 10.3. The molecule has 1 aliphatic carbocycles. The number of carbonyl (C=O) groups excluding carboxylic acids is 1. The van der Waals surface area contributed by atoms with E-state index in [1.165, 1.54) is 0 Å². The lowest BCUT2D eigenvalue weighted by Crippen LogP contribution is -2.58. The van der Waals surface area contributed by atoms with Crippen molar-refractivity contribution in [3.63, 3.8) is 0 Å². The van der Waals surface area contributed by atoms with Crippen LogP contribution in [-0.4, -0.2) is 36.8 Å². The van der Waals surface area contributed by atoms with Crippen molar-refractivity contribution in [3.8, 4) is 11.5 Å². The van der Waals surface area contributed by atoms with Crippen molar-refractivity contribution >= 4 is 29.2 Å². The Morgan fingerprint density at radius 3 is 2.41 bits per heavy atom. The Hall–Kier alpha value is -2.97. The Bertz CT molecular complexity index is 906. The molecule has 0 bridgehead atoms. The number of amides is 1. The second-order valence-corrected chi connectivity index (χ2v) is 8.02. The molecule has 1 saturated heterocycles. The van der Waals surface area contributed by atoms with E-state index < -0.39 is 5.66 Å². The molecule has 1 aromatic rings. The highest BCUT2D eigenvalue weighted by atomic mass is 16.7. The molecular weight excluding hydrogens is 372 g/mol. The minimum atomic E-state index is -0.588. The summed E-state index contributed by atoms with van der Waals surface area (Å²) < 4.78 is 11.2. The zero-order valence-corrected chi connectivity index (χ0v) is 16.4. The molecule has 1 spiro atoms. The molecular formula is C20H26N6O3. The van der Waals surface area contributed by atoms with Gasteiger partial charge in [0.25, 0.3) is 0 Å². The molecule has 4 N–H and O–H groups in total. The maximum Gasteiger partial charge on any atom is 0.231 e. The standard InChI is InChI=1S/C20H26N6O3/c21-18-23-19(22)26(20(24-18)7-3-1-4-8-20)14-11-16-15(28-12-29-16)10-13(14)25-9-5-2-6-17(25)27/h10-11H,1-9,12H2,(H4,21,22,23,24). The Balaban J connectivity index is 1.67. The van der Waals surface area contributed by atoms with Gasteiger partial charge in [0.2, 0.25) is 24.6 Å². The predicted octanol–water partition coefficient (Wildman–Crippen LogP) is 2.04. The van der Waals surface area contributed by atoms with Crippen molar-refractivity contribution in [1.29, 1.82) is 0 Å². The molecule has 0 aromatic heterocycles. The molecule has 1 amide bonds. The van der Waals surface area contributed by atoms with E-state index in [2.05, 4.69) is 4.99 Å². The number of hydrogen-bond acceptors (Lipinski definition) is 8. The van der Waals surface area contributed by atoms with E-state index in [1.807, 2.05) is 21.9 Å². The van der Waals surface area contributed by atoms with Gasteiger partial charge in [-0.1, -0.05) is 6.42 Å². The van der Waals surface area contributed by atoms with Gasteiger partial charge in [-0.25, -0.2) is 4.99 Å². The van der Waals surface area contributed by atoms with Crippen LogP contribution in [0.1, 0.15) is 51.4 Å². The fourth-order valence-electron chi connectivity index (χ4n) is 4.85. The zero-order valence-electron chi connectivity index (χ0n) is 16.4. The van der Waals surface area contributed by atoms with Gasteiger partial charge in [-0.05, 0) is 38.5 Å². The summed E-state index contributed by atoms with van der Waals surface area (Å²) in [6.45, 7) is 0.820. The zero-order chi connectivity index (χ0) is 20.0. The Kier molecular flexibility index (Phi) is 4.25. The van der Waals surface area contributed by atoms with Gasteiger partial charge in [0.1, 0.15) is 5.66 Å². The highest BCUT2D eigenvalue weighted by molar-refractivity contribution is 6.09. The van der Waals surface area contributed by atoms with Crippen LogP contribution in [0.4, 0.5) is 11.4 Å². The summed E-state index contributed by atoms with van der Waals surface area (Å²) in [6.07, 6.45) is 7.27. The number of rotatable bonds is 2. The summed E-state index contributed by atoms with van der Waals surface area (Å²) in [5.74, 6) is 1.87. The highest BCUT2D eigenvalue weighted by Gasteiger charge is 2.44. The normalized spacial score (nSPS) is 23.2. The molecule has 1 aromatic carbocycles. The minimum Gasteiger partial charge on any atom is -0.454 e. The Labute approximate surface area is 169 Å². The number of hydrogen-bond donors (Lipinski definition) is 2. The lowest BCUT2D eigenvalue weighted by Gasteiger charge is -2.46. The number of fused-ring (bicyclic) bond motifs is 1. The number of ether oxygens (including phenoxy) is 2. The first-order valence-electron chi connectivity index (χ1n) is 10.3. The van der Waals surface area contributed by atoms with Gasteiger partial charge < -0.3 is 25.8 Å². The van der Waals surface area contributed by atoms with E-state index in [0.717, 1.165) is 56.3 Å². The second-order valence-electron chi connectivity index (χ2n) is 8.02. The lowest BCUT2D eigenvalue weighted by molar-refractivity contribution is -0.119. The van der Waals surface area contributed by atoms with Gasteiger partial charge >= 0.3 is 0 Å². The maximum atomic E-state index is 12.8. The smallest absolute Gasteiger partial charge is 0.231 e. The third kappa shape index (κ3) is 2.95. The largest absolute Gasteiger partial charge is 0.454 e. The molecule has 0 atom stereocenters. The quantitative estimate of drug-likeness (QED) is 0.787. The van der Waals surface area contributed by atoms with Gasteiger partial charge in [-0.15, -0.1) is 0 Å². The number of piperidine rings is 1. The third-order valence-corrected chi connectivity index (χ3v) is 6.18. The third-order valence-electron chi connectivity index (χ3n) is 6.18. The topological polar surface area (TPSA) is 119 Å². The molecule has 4 aliphatic rings. The van der Waals surface area contributed by atoms with E-state index >= 15 is 0 Å². The molecule has 1 saturated carbocycles. The minimum absolute atomic E-state index is 0.101. The SMILES string of the molecule is NC1=NC2(CCCCC2)N(c2cc3c(cc2N2CCCCC2=O)OCO3)C(N)=N1. The van der Waals surface area contributed by atoms with E-state index in [0.29, 0.717) is 30.4 Å². The van der Waals surface area contributed by atoms with Crippen molar-refractivity contribution < 1.29 is 14.3 Å². The van der Waals surface area contributed by atoms with Crippen LogP contribution >= 0.6 is 0 Å². The summed E-state index contributed by atoms with van der Waals surface area (Å²) in [6, 6.07) is 3.78. The number of carbonyl (C=O) groups is 1. The second kappa shape index (κ2) is 6.82. The summed E-state index contributed by atoms with van der Waals surface area (Å²) in [7, 11) is 0. The number of guanidine groups is 2. The average Bonchev–Trinajstić information content (AvgIpc) is 3.15. The van der Waals surface area contributed by atoms with Crippen LogP contribution in [0.2, 0.25) is 0 Å². The van der Waals surface area contributed by atoms with Crippen molar-refractivity contribution in [3.05, 3.63) is 12.1 Å². The van der Waals surface area contributed by atoms with E-state index in [4.69, 9.17) is 25.9 Å². The number of nitrogens with zero attached hydrogens (tertiary/aromatic N) is 4. The number of nitrogens with two attached hydrogens (primary N) is 2. The Morgan fingerprint density at radius 1 is 0.966 bits per heavy atom. The van der Waals surface area contributed by atoms with Crippen LogP contribution in [0.25, 0.3) is 0 Å². The van der Waals surface area contributed by atoms with Gasteiger partial charge in [0, 0.05) is 25.1 Å². The van der Waals surface area contributed by atoms with Crippen LogP contribution in [0, 0.1) is 0 Å². The van der Waals surface area contributed by atoms with Gasteiger partial charge in [0.05, 0.1) is 11.4 Å². The predicted molar refractivity (Wildman–Crippen MR) is 110 cm³/mol. The summed E-state index contributed by atoms with van der Waals surface area (Å²) in [5, 5.41) is 0. The van der Waals surface area contributed by atoms with Gasteiger partial charge in [0.15, 0.2) is 11.5 Å². The summed E-state index contributed by atoms with van der Waals surface area (Å²) in [5.41, 5.74) is 13.4. The molecule has 154 valence electrons. The fraction of sp³-hybridized carbons (Fsp3) is 0.550. The van der Waals surface area contributed by atoms with Crippen LogP contribution in [-0.2, 0) is 4.79 Å². The molecule has 0 radical (unpaired) electrons. The maximum absolute atomic E-state index is 12.8. The molecule has 3 heterocycles. The molecule has 29 heavy (non-hydrogen) atoms. The first kappa shape index (κ1) is 18.1. The van der Waals surface area contributed by atoms with E-state index in [-0.39, 0.29) is 18.7 Å². The monoisotopic (exact) mass is 398 g/mol. The van der Waals surface area contributed by atoms with Gasteiger partial charge in [-0.2, -0.15) is 4.99 Å². The molecule has 9 nitrogen and oxygen atoms in total. The molecule has 3 aliphatic heterocycles. The van der Waals surface area contributed by atoms with E-state index in [9.17, 15) is 4.79 Å². The van der Waals surface area contributed by atoms with Gasteiger partial charge in [-0.3, -0.25) is 9.69 Å². The summed E-state index contributed by atoms with van der Waals surface area (Å²) >= 11 is 0. The Morgan fingerprint density at radius 2 is 1.69 bits per heavy atom. The average molecular weight is 398 g/mol.